The molecule has 2 aromatic rings. The molecule has 2 N–H and O–H groups in total. The van der Waals surface area contributed by atoms with Crippen molar-refractivity contribution in [1.29, 1.82) is 0 Å². The van der Waals surface area contributed by atoms with Gasteiger partial charge in [-0.15, -0.1) is 0 Å². The lowest BCUT2D eigenvalue weighted by atomic mass is 10.0. The molecule has 0 unspecified atom stereocenters. The average Bonchev–Trinajstić information content (AvgIpc) is 2.62. The van der Waals surface area contributed by atoms with Gasteiger partial charge in [-0.1, -0.05) is 62.4 Å². The van der Waals surface area contributed by atoms with Crippen molar-refractivity contribution in [3.05, 3.63) is 66.2 Å². The Morgan fingerprint density at radius 3 is 2.15 bits per heavy atom. The zero-order chi connectivity index (χ0) is 18.8. The third kappa shape index (κ3) is 7.09. The summed E-state index contributed by atoms with van der Waals surface area (Å²) in [5, 5.41) is 5.78. The first-order valence-corrected chi connectivity index (χ1v) is 9.24. The third-order valence-corrected chi connectivity index (χ3v) is 4.11. The van der Waals surface area contributed by atoms with Crippen molar-refractivity contribution in [1.82, 2.24) is 5.32 Å². The minimum Gasteiger partial charge on any atom is -0.344 e. The Kier molecular flexibility index (Phi) is 7.87. The van der Waals surface area contributed by atoms with Crippen LogP contribution >= 0.6 is 0 Å². The summed E-state index contributed by atoms with van der Waals surface area (Å²) in [7, 11) is 0. The van der Waals surface area contributed by atoms with Crippen molar-refractivity contribution in [3.8, 4) is 0 Å². The van der Waals surface area contributed by atoms with Crippen LogP contribution in [0, 0.1) is 5.92 Å². The van der Waals surface area contributed by atoms with Crippen LogP contribution in [0.1, 0.15) is 38.7 Å². The number of carbonyl (C=O) groups excluding carboxylic acids is 2. The summed E-state index contributed by atoms with van der Waals surface area (Å²) in [6.07, 6.45) is 2.66. The Hall–Kier alpha value is -2.62. The summed E-state index contributed by atoms with van der Waals surface area (Å²) < 4.78 is 0. The normalized spacial score (nSPS) is 11.8. The van der Waals surface area contributed by atoms with Crippen LogP contribution < -0.4 is 10.6 Å². The van der Waals surface area contributed by atoms with Crippen LogP contribution in [0.15, 0.2) is 60.7 Å². The number of benzene rings is 2. The SMILES string of the molecule is CC(C)C[C@H](NC(=O)CCCc1ccccc1)C(=O)Nc1ccccc1. The summed E-state index contributed by atoms with van der Waals surface area (Å²) in [6, 6.07) is 18.9. The van der Waals surface area contributed by atoms with Gasteiger partial charge in [0.2, 0.25) is 11.8 Å². The summed E-state index contributed by atoms with van der Waals surface area (Å²) in [5.74, 6) is 0.0715. The maximum Gasteiger partial charge on any atom is 0.246 e. The molecule has 0 heterocycles. The first-order chi connectivity index (χ1) is 12.5. The molecule has 26 heavy (non-hydrogen) atoms. The predicted molar refractivity (Wildman–Crippen MR) is 106 cm³/mol. The van der Waals surface area contributed by atoms with E-state index in [1.807, 2.05) is 62.4 Å². The van der Waals surface area contributed by atoms with E-state index in [0.717, 1.165) is 18.5 Å². The Bertz CT molecular complexity index is 684. The first kappa shape index (κ1) is 19.7. The number of anilines is 1. The number of aryl methyl sites for hydroxylation is 1. The number of hydrogen-bond donors (Lipinski definition) is 2. The second kappa shape index (κ2) is 10.4. The molecule has 0 fully saturated rings. The minimum absolute atomic E-state index is 0.0743. The molecule has 0 saturated heterocycles. The van der Waals surface area contributed by atoms with E-state index >= 15 is 0 Å². The number of carbonyl (C=O) groups is 2. The molecule has 0 spiro atoms. The molecule has 0 saturated carbocycles. The van der Waals surface area contributed by atoms with Gasteiger partial charge in [0, 0.05) is 12.1 Å². The molecule has 0 bridgehead atoms. The number of para-hydroxylation sites is 1. The standard InChI is InChI=1S/C22H28N2O2/c1-17(2)16-20(22(26)23-19-13-7-4-8-14-19)24-21(25)15-9-12-18-10-5-3-6-11-18/h3-8,10-11,13-14,17,20H,9,12,15-16H2,1-2H3,(H,23,26)(H,24,25)/t20-/m0/s1. The van der Waals surface area contributed by atoms with Crippen LogP contribution in [0.4, 0.5) is 5.69 Å². The van der Waals surface area contributed by atoms with E-state index in [-0.39, 0.29) is 11.8 Å². The van der Waals surface area contributed by atoms with E-state index in [2.05, 4.69) is 22.8 Å². The lowest BCUT2D eigenvalue weighted by Crippen LogP contribution is -2.44. The average molecular weight is 352 g/mol. The van der Waals surface area contributed by atoms with Crippen molar-refractivity contribution in [2.45, 2.75) is 45.6 Å². The van der Waals surface area contributed by atoms with Gasteiger partial charge < -0.3 is 10.6 Å². The van der Waals surface area contributed by atoms with E-state index < -0.39 is 6.04 Å². The highest BCUT2D eigenvalue weighted by Gasteiger charge is 2.21. The largest absolute Gasteiger partial charge is 0.344 e. The quantitative estimate of drug-likeness (QED) is 0.711. The lowest BCUT2D eigenvalue weighted by Gasteiger charge is -2.20. The Balaban J connectivity index is 1.85. The maximum atomic E-state index is 12.6. The van der Waals surface area contributed by atoms with Gasteiger partial charge in [0.15, 0.2) is 0 Å². The van der Waals surface area contributed by atoms with Crippen molar-refractivity contribution in [3.63, 3.8) is 0 Å². The lowest BCUT2D eigenvalue weighted by molar-refractivity contribution is -0.126. The fourth-order valence-corrected chi connectivity index (χ4v) is 2.82. The van der Waals surface area contributed by atoms with E-state index in [4.69, 9.17) is 0 Å². The van der Waals surface area contributed by atoms with Crippen molar-refractivity contribution >= 4 is 17.5 Å². The first-order valence-electron chi connectivity index (χ1n) is 9.24. The molecule has 4 nitrogen and oxygen atoms in total. The second-order valence-electron chi connectivity index (χ2n) is 6.94. The fraction of sp³-hybridized carbons (Fsp3) is 0.364. The molecule has 2 aromatic carbocycles. The van der Waals surface area contributed by atoms with Gasteiger partial charge in [-0.3, -0.25) is 9.59 Å². The Morgan fingerprint density at radius 1 is 0.923 bits per heavy atom. The summed E-state index contributed by atoms with van der Waals surface area (Å²) in [6.45, 7) is 4.09. The zero-order valence-electron chi connectivity index (χ0n) is 15.6. The summed E-state index contributed by atoms with van der Waals surface area (Å²) in [4.78, 5) is 24.8. The predicted octanol–water partition coefficient (Wildman–Crippen LogP) is 4.18. The van der Waals surface area contributed by atoms with Crippen LogP contribution in [-0.2, 0) is 16.0 Å². The Labute approximate surface area is 156 Å². The van der Waals surface area contributed by atoms with Gasteiger partial charge in [-0.05, 0) is 42.9 Å². The topological polar surface area (TPSA) is 58.2 Å². The molecule has 0 radical (unpaired) electrons. The van der Waals surface area contributed by atoms with Crippen LogP contribution in [-0.4, -0.2) is 17.9 Å². The molecule has 0 aliphatic heterocycles. The van der Waals surface area contributed by atoms with Gasteiger partial charge in [-0.2, -0.15) is 0 Å². The Morgan fingerprint density at radius 2 is 1.54 bits per heavy atom. The van der Waals surface area contributed by atoms with Crippen LogP contribution in [0.5, 0.6) is 0 Å². The van der Waals surface area contributed by atoms with Crippen molar-refractivity contribution in [2.24, 2.45) is 5.92 Å². The summed E-state index contributed by atoms with van der Waals surface area (Å²) >= 11 is 0. The monoisotopic (exact) mass is 352 g/mol. The molecule has 4 heteroatoms. The molecular formula is C22H28N2O2. The number of amides is 2. The molecule has 0 aromatic heterocycles. The second-order valence-corrected chi connectivity index (χ2v) is 6.94. The fourth-order valence-electron chi connectivity index (χ4n) is 2.82. The molecule has 2 amide bonds. The van der Waals surface area contributed by atoms with E-state index in [1.165, 1.54) is 5.56 Å². The number of nitrogens with one attached hydrogen (secondary N) is 2. The smallest absolute Gasteiger partial charge is 0.246 e. The summed E-state index contributed by atoms with van der Waals surface area (Å²) in [5.41, 5.74) is 1.96. The zero-order valence-corrected chi connectivity index (χ0v) is 15.6. The highest BCUT2D eigenvalue weighted by Crippen LogP contribution is 2.11. The van der Waals surface area contributed by atoms with Crippen molar-refractivity contribution in [2.75, 3.05) is 5.32 Å². The molecule has 2 rings (SSSR count). The highest BCUT2D eigenvalue weighted by atomic mass is 16.2. The highest BCUT2D eigenvalue weighted by molar-refractivity contribution is 5.97. The number of rotatable bonds is 9. The van der Waals surface area contributed by atoms with Gasteiger partial charge >= 0.3 is 0 Å². The molecule has 138 valence electrons. The van der Waals surface area contributed by atoms with Gasteiger partial charge in [-0.25, -0.2) is 0 Å². The van der Waals surface area contributed by atoms with Crippen LogP contribution in [0.3, 0.4) is 0 Å². The third-order valence-electron chi connectivity index (χ3n) is 4.11. The molecule has 0 aliphatic carbocycles. The minimum atomic E-state index is -0.514. The van der Waals surface area contributed by atoms with E-state index in [0.29, 0.717) is 18.8 Å². The van der Waals surface area contributed by atoms with Gasteiger partial charge in [0.05, 0.1) is 0 Å². The molecule has 1 atom stereocenters. The molecule has 0 aliphatic rings. The maximum absolute atomic E-state index is 12.6. The van der Waals surface area contributed by atoms with Crippen LogP contribution in [0.25, 0.3) is 0 Å². The molecular weight excluding hydrogens is 324 g/mol. The van der Waals surface area contributed by atoms with E-state index in [1.54, 1.807) is 0 Å². The van der Waals surface area contributed by atoms with Gasteiger partial charge in [0.1, 0.15) is 6.04 Å². The van der Waals surface area contributed by atoms with Gasteiger partial charge in [0.25, 0.3) is 0 Å². The van der Waals surface area contributed by atoms with Crippen LogP contribution in [0.2, 0.25) is 0 Å². The van der Waals surface area contributed by atoms with Crippen molar-refractivity contribution < 1.29 is 9.59 Å². The number of hydrogen-bond acceptors (Lipinski definition) is 2. The van der Waals surface area contributed by atoms with E-state index in [9.17, 15) is 9.59 Å².